The van der Waals surface area contributed by atoms with Gasteiger partial charge in [-0.25, -0.2) is 0 Å². The predicted molar refractivity (Wildman–Crippen MR) is 77.2 cm³/mol. The molecule has 2 aromatic carbocycles. The molecule has 0 amide bonds. The SMILES string of the molecule is Cc1ccc(-n2cc(C)c3ccccc32)c(N)c1. The maximum Gasteiger partial charge on any atom is 0.0686 e. The van der Waals surface area contributed by atoms with E-state index in [1.165, 1.54) is 22.0 Å². The molecular formula is C16H16N2. The number of hydrogen-bond donors (Lipinski definition) is 1. The van der Waals surface area contributed by atoms with Gasteiger partial charge in [0.15, 0.2) is 0 Å². The standard InChI is InChI=1S/C16H16N2/c1-11-7-8-16(14(17)9-11)18-10-12(2)13-5-3-4-6-15(13)18/h3-10H,17H2,1-2H3. The first-order chi connectivity index (χ1) is 8.66. The minimum absolute atomic E-state index is 0.816. The van der Waals surface area contributed by atoms with Crippen LogP contribution in [0.3, 0.4) is 0 Å². The first-order valence-corrected chi connectivity index (χ1v) is 6.10. The highest BCUT2D eigenvalue weighted by atomic mass is 15.0. The Labute approximate surface area is 107 Å². The van der Waals surface area contributed by atoms with Crippen LogP contribution in [0.5, 0.6) is 0 Å². The molecule has 0 fully saturated rings. The molecule has 0 saturated carbocycles. The summed E-state index contributed by atoms with van der Waals surface area (Å²) in [6, 6.07) is 14.6. The molecule has 1 heterocycles. The van der Waals surface area contributed by atoms with E-state index in [4.69, 9.17) is 5.73 Å². The van der Waals surface area contributed by atoms with Crippen LogP contribution in [-0.2, 0) is 0 Å². The fourth-order valence-electron chi connectivity index (χ4n) is 2.44. The van der Waals surface area contributed by atoms with Crippen LogP contribution in [0.4, 0.5) is 5.69 Å². The Morgan fingerprint density at radius 1 is 1.00 bits per heavy atom. The summed E-state index contributed by atoms with van der Waals surface area (Å²) < 4.78 is 2.17. The fourth-order valence-corrected chi connectivity index (χ4v) is 2.44. The molecule has 1 aromatic heterocycles. The van der Waals surface area contributed by atoms with Gasteiger partial charge < -0.3 is 10.3 Å². The topological polar surface area (TPSA) is 30.9 Å². The average Bonchev–Trinajstić information content (AvgIpc) is 2.68. The number of rotatable bonds is 1. The van der Waals surface area contributed by atoms with Crippen LogP contribution in [0, 0.1) is 13.8 Å². The summed E-state index contributed by atoms with van der Waals surface area (Å²) in [6.45, 7) is 4.18. The van der Waals surface area contributed by atoms with Crippen molar-refractivity contribution in [2.75, 3.05) is 5.73 Å². The van der Waals surface area contributed by atoms with Gasteiger partial charge in [-0.3, -0.25) is 0 Å². The van der Waals surface area contributed by atoms with E-state index in [1.807, 2.05) is 6.07 Å². The normalized spacial score (nSPS) is 11.0. The van der Waals surface area contributed by atoms with E-state index in [0.29, 0.717) is 0 Å². The van der Waals surface area contributed by atoms with Crippen LogP contribution in [-0.4, -0.2) is 4.57 Å². The zero-order valence-corrected chi connectivity index (χ0v) is 10.6. The second-order valence-electron chi connectivity index (χ2n) is 4.76. The molecule has 18 heavy (non-hydrogen) atoms. The Morgan fingerprint density at radius 2 is 1.78 bits per heavy atom. The van der Waals surface area contributed by atoms with Gasteiger partial charge >= 0.3 is 0 Å². The lowest BCUT2D eigenvalue weighted by Gasteiger charge is -2.09. The first kappa shape index (κ1) is 10.9. The number of aryl methyl sites for hydroxylation is 2. The van der Waals surface area contributed by atoms with Crippen LogP contribution in [0.1, 0.15) is 11.1 Å². The summed E-state index contributed by atoms with van der Waals surface area (Å²) in [5.41, 5.74) is 11.6. The Balaban J connectivity index is 2.32. The molecule has 0 unspecified atom stereocenters. The molecule has 3 rings (SSSR count). The number of nitrogen functional groups attached to an aromatic ring is 1. The molecule has 2 heteroatoms. The molecule has 0 aliphatic heterocycles. The monoisotopic (exact) mass is 236 g/mol. The van der Waals surface area contributed by atoms with Crippen LogP contribution in [0.25, 0.3) is 16.6 Å². The van der Waals surface area contributed by atoms with Gasteiger partial charge in [0, 0.05) is 11.6 Å². The predicted octanol–water partition coefficient (Wildman–Crippen LogP) is 3.83. The minimum atomic E-state index is 0.816. The van der Waals surface area contributed by atoms with E-state index in [-0.39, 0.29) is 0 Å². The van der Waals surface area contributed by atoms with Crippen molar-refractivity contribution in [2.45, 2.75) is 13.8 Å². The van der Waals surface area contributed by atoms with Crippen molar-refractivity contribution < 1.29 is 0 Å². The first-order valence-electron chi connectivity index (χ1n) is 6.10. The van der Waals surface area contributed by atoms with Crippen LogP contribution >= 0.6 is 0 Å². The van der Waals surface area contributed by atoms with E-state index in [1.54, 1.807) is 0 Å². The van der Waals surface area contributed by atoms with Crippen molar-refractivity contribution in [3.8, 4) is 5.69 Å². The number of aromatic nitrogens is 1. The lowest BCUT2D eigenvalue weighted by molar-refractivity contribution is 1.12. The highest BCUT2D eigenvalue weighted by molar-refractivity contribution is 5.86. The van der Waals surface area contributed by atoms with Crippen molar-refractivity contribution in [1.29, 1.82) is 0 Å². The van der Waals surface area contributed by atoms with E-state index < -0.39 is 0 Å². The van der Waals surface area contributed by atoms with Gasteiger partial charge in [-0.2, -0.15) is 0 Å². The second kappa shape index (κ2) is 3.91. The summed E-state index contributed by atoms with van der Waals surface area (Å²) in [5.74, 6) is 0. The van der Waals surface area contributed by atoms with Crippen molar-refractivity contribution in [2.24, 2.45) is 0 Å². The summed E-state index contributed by atoms with van der Waals surface area (Å²) in [5, 5.41) is 1.28. The van der Waals surface area contributed by atoms with E-state index in [0.717, 1.165) is 11.4 Å². The smallest absolute Gasteiger partial charge is 0.0686 e. The summed E-state index contributed by atoms with van der Waals surface area (Å²) in [7, 11) is 0. The van der Waals surface area contributed by atoms with Crippen LogP contribution < -0.4 is 5.73 Å². The van der Waals surface area contributed by atoms with Gasteiger partial charge in [-0.1, -0.05) is 24.3 Å². The van der Waals surface area contributed by atoms with Gasteiger partial charge in [0.25, 0.3) is 0 Å². The van der Waals surface area contributed by atoms with Gasteiger partial charge in [0.05, 0.1) is 16.9 Å². The van der Waals surface area contributed by atoms with Crippen LogP contribution in [0.2, 0.25) is 0 Å². The third-order valence-electron chi connectivity index (χ3n) is 3.35. The molecule has 0 radical (unpaired) electrons. The number of nitrogens with zero attached hydrogens (tertiary/aromatic N) is 1. The number of benzene rings is 2. The molecule has 90 valence electrons. The highest BCUT2D eigenvalue weighted by Gasteiger charge is 2.08. The quantitative estimate of drug-likeness (QED) is 0.640. The van der Waals surface area contributed by atoms with Gasteiger partial charge in [-0.05, 0) is 43.2 Å². The molecule has 0 aliphatic rings. The van der Waals surface area contributed by atoms with Gasteiger partial charge in [0.2, 0.25) is 0 Å². The molecule has 0 aliphatic carbocycles. The Bertz CT molecular complexity index is 723. The molecule has 0 saturated heterocycles. The molecule has 2 N–H and O–H groups in total. The Hall–Kier alpha value is -2.22. The van der Waals surface area contributed by atoms with E-state index in [2.05, 4.69) is 61.0 Å². The summed E-state index contributed by atoms with van der Waals surface area (Å²) >= 11 is 0. The van der Waals surface area contributed by atoms with Crippen molar-refractivity contribution in [3.05, 3.63) is 59.8 Å². The van der Waals surface area contributed by atoms with Gasteiger partial charge in [-0.15, -0.1) is 0 Å². The molecule has 0 bridgehead atoms. The molecule has 2 nitrogen and oxygen atoms in total. The third-order valence-corrected chi connectivity index (χ3v) is 3.35. The Kier molecular flexibility index (Phi) is 2.37. The number of hydrogen-bond acceptors (Lipinski definition) is 1. The molecule has 3 aromatic rings. The Morgan fingerprint density at radius 3 is 2.56 bits per heavy atom. The van der Waals surface area contributed by atoms with Crippen molar-refractivity contribution in [1.82, 2.24) is 4.57 Å². The van der Waals surface area contributed by atoms with E-state index >= 15 is 0 Å². The summed E-state index contributed by atoms with van der Waals surface area (Å²) in [6.07, 6.45) is 2.14. The molecule has 0 atom stereocenters. The van der Waals surface area contributed by atoms with Crippen LogP contribution in [0.15, 0.2) is 48.7 Å². The number of nitrogens with two attached hydrogens (primary N) is 1. The van der Waals surface area contributed by atoms with Crippen molar-refractivity contribution in [3.63, 3.8) is 0 Å². The third kappa shape index (κ3) is 1.58. The van der Waals surface area contributed by atoms with E-state index in [9.17, 15) is 0 Å². The number of para-hydroxylation sites is 1. The molecule has 0 spiro atoms. The maximum atomic E-state index is 6.13. The largest absolute Gasteiger partial charge is 0.397 e. The highest BCUT2D eigenvalue weighted by Crippen LogP contribution is 2.27. The molecular weight excluding hydrogens is 220 g/mol. The lowest BCUT2D eigenvalue weighted by atomic mass is 10.2. The lowest BCUT2D eigenvalue weighted by Crippen LogP contribution is -1.98. The number of anilines is 1. The average molecular weight is 236 g/mol. The zero-order valence-electron chi connectivity index (χ0n) is 10.6. The minimum Gasteiger partial charge on any atom is -0.397 e. The number of fused-ring (bicyclic) bond motifs is 1. The fraction of sp³-hybridized carbons (Fsp3) is 0.125. The summed E-state index contributed by atoms with van der Waals surface area (Å²) in [4.78, 5) is 0. The zero-order chi connectivity index (χ0) is 12.7. The van der Waals surface area contributed by atoms with Crippen molar-refractivity contribution >= 4 is 16.6 Å². The maximum absolute atomic E-state index is 6.13. The second-order valence-corrected chi connectivity index (χ2v) is 4.76. The van der Waals surface area contributed by atoms with Gasteiger partial charge in [0.1, 0.15) is 0 Å².